The molecular formula is C9H18N4O. The van der Waals surface area contributed by atoms with Crippen LogP contribution in [0.1, 0.15) is 25.6 Å². The van der Waals surface area contributed by atoms with Crippen LogP contribution >= 0.6 is 0 Å². The van der Waals surface area contributed by atoms with E-state index in [0.717, 1.165) is 5.69 Å². The molecule has 0 fully saturated rings. The topological polar surface area (TPSA) is 65.1 Å². The summed E-state index contributed by atoms with van der Waals surface area (Å²) in [5, 5.41) is 4.28. The van der Waals surface area contributed by atoms with Crippen molar-refractivity contribution in [3.63, 3.8) is 0 Å². The first-order valence-electron chi connectivity index (χ1n) is 4.76. The molecule has 0 saturated heterocycles. The van der Waals surface area contributed by atoms with E-state index in [0.29, 0.717) is 6.61 Å². The van der Waals surface area contributed by atoms with Crippen molar-refractivity contribution in [3.8, 4) is 0 Å². The summed E-state index contributed by atoms with van der Waals surface area (Å²) in [6.45, 7) is 4.61. The molecule has 5 heteroatoms. The number of aromatic nitrogens is 2. The van der Waals surface area contributed by atoms with Crippen molar-refractivity contribution in [3.05, 3.63) is 18.0 Å². The molecule has 0 aliphatic rings. The Hall–Kier alpha value is -0.910. The van der Waals surface area contributed by atoms with Crippen molar-refractivity contribution in [2.24, 2.45) is 12.9 Å². The fourth-order valence-electron chi connectivity index (χ4n) is 1.42. The van der Waals surface area contributed by atoms with Crippen molar-refractivity contribution < 1.29 is 4.74 Å². The van der Waals surface area contributed by atoms with Gasteiger partial charge in [0.25, 0.3) is 0 Å². The molecule has 1 aromatic heterocycles. The Kier molecular flexibility index (Phi) is 4.06. The molecule has 0 aliphatic carbocycles. The van der Waals surface area contributed by atoms with Crippen molar-refractivity contribution in [1.82, 2.24) is 15.2 Å². The summed E-state index contributed by atoms with van der Waals surface area (Å²) in [5.41, 5.74) is 3.61. The first-order valence-corrected chi connectivity index (χ1v) is 4.76. The fourth-order valence-corrected chi connectivity index (χ4v) is 1.42. The zero-order valence-electron chi connectivity index (χ0n) is 8.90. The van der Waals surface area contributed by atoms with Crippen molar-refractivity contribution >= 4 is 0 Å². The predicted octanol–water partition coefficient (Wildman–Crippen LogP) is 0.349. The number of nitrogens with zero attached hydrogens (tertiary/aromatic N) is 2. The van der Waals surface area contributed by atoms with Gasteiger partial charge in [-0.3, -0.25) is 10.5 Å². The Balaban J connectivity index is 2.71. The van der Waals surface area contributed by atoms with Gasteiger partial charge in [-0.05, 0) is 19.9 Å². The number of rotatable bonds is 5. The number of nitrogens with one attached hydrogen (secondary N) is 1. The lowest BCUT2D eigenvalue weighted by molar-refractivity contribution is 0.0460. The molecule has 3 N–H and O–H groups in total. The largest absolute Gasteiger partial charge is 0.377 e. The van der Waals surface area contributed by atoms with Crippen molar-refractivity contribution in [2.45, 2.75) is 26.0 Å². The monoisotopic (exact) mass is 198 g/mol. The third-order valence-corrected chi connectivity index (χ3v) is 2.13. The lowest BCUT2D eigenvalue weighted by Gasteiger charge is -2.21. The maximum absolute atomic E-state index is 5.47. The van der Waals surface area contributed by atoms with Gasteiger partial charge in [-0.1, -0.05) is 0 Å². The van der Waals surface area contributed by atoms with Crippen LogP contribution in [0, 0.1) is 0 Å². The molecule has 0 aliphatic heterocycles. The van der Waals surface area contributed by atoms with Gasteiger partial charge in [0.15, 0.2) is 0 Å². The summed E-state index contributed by atoms with van der Waals surface area (Å²) < 4.78 is 7.22. The molecule has 0 saturated carbocycles. The molecule has 0 spiro atoms. The Morgan fingerprint density at radius 3 is 2.86 bits per heavy atom. The molecule has 0 radical (unpaired) electrons. The Labute approximate surface area is 84.2 Å². The van der Waals surface area contributed by atoms with Crippen LogP contribution in [0.15, 0.2) is 12.3 Å². The van der Waals surface area contributed by atoms with Gasteiger partial charge in [0.05, 0.1) is 17.8 Å². The van der Waals surface area contributed by atoms with Crippen molar-refractivity contribution in [1.29, 1.82) is 0 Å². The molecule has 0 amide bonds. The molecular weight excluding hydrogens is 180 g/mol. The van der Waals surface area contributed by atoms with E-state index in [9.17, 15) is 0 Å². The smallest absolute Gasteiger partial charge is 0.0909 e. The standard InChI is InChI=1S/C9H18N4O/c1-4-14-7(2)9(11-10)8-5-6-13(3)12-8/h5-7,9,11H,4,10H2,1-3H3. The minimum atomic E-state index is -0.0591. The Bertz CT molecular complexity index is 274. The minimum absolute atomic E-state index is 0.0138. The number of ether oxygens (including phenoxy) is 1. The zero-order valence-corrected chi connectivity index (χ0v) is 8.90. The van der Waals surface area contributed by atoms with E-state index in [-0.39, 0.29) is 12.1 Å². The fraction of sp³-hybridized carbons (Fsp3) is 0.667. The summed E-state index contributed by atoms with van der Waals surface area (Å²) in [5.74, 6) is 5.47. The summed E-state index contributed by atoms with van der Waals surface area (Å²) in [6.07, 6.45) is 1.90. The maximum atomic E-state index is 5.47. The molecule has 5 nitrogen and oxygen atoms in total. The molecule has 1 aromatic rings. The number of hydrogen-bond acceptors (Lipinski definition) is 4. The van der Waals surface area contributed by atoms with Crippen LogP contribution in [0.3, 0.4) is 0 Å². The van der Waals surface area contributed by atoms with E-state index in [1.807, 2.05) is 33.2 Å². The first kappa shape index (κ1) is 11.2. The van der Waals surface area contributed by atoms with E-state index in [1.165, 1.54) is 0 Å². The number of aryl methyl sites for hydroxylation is 1. The zero-order chi connectivity index (χ0) is 10.6. The van der Waals surface area contributed by atoms with Gasteiger partial charge < -0.3 is 4.74 Å². The quantitative estimate of drug-likeness (QED) is 0.529. The average Bonchev–Trinajstić information content (AvgIpc) is 2.54. The van der Waals surface area contributed by atoms with Crippen LogP contribution in [0.4, 0.5) is 0 Å². The van der Waals surface area contributed by atoms with Gasteiger partial charge in [-0.2, -0.15) is 5.10 Å². The van der Waals surface area contributed by atoms with Gasteiger partial charge in [0, 0.05) is 19.9 Å². The minimum Gasteiger partial charge on any atom is -0.377 e. The Morgan fingerprint density at radius 1 is 1.71 bits per heavy atom. The van der Waals surface area contributed by atoms with Crippen LogP contribution in [-0.2, 0) is 11.8 Å². The maximum Gasteiger partial charge on any atom is 0.0909 e. The predicted molar refractivity (Wildman–Crippen MR) is 54.4 cm³/mol. The van der Waals surface area contributed by atoms with Crippen LogP contribution in [0.5, 0.6) is 0 Å². The first-order chi connectivity index (χ1) is 6.69. The molecule has 0 bridgehead atoms. The molecule has 1 rings (SSSR count). The second-order valence-corrected chi connectivity index (χ2v) is 3.22. The van der Waals surface area contributed by atoms with E-state index < -0.39 is 0 Å². The molecule has 14 heavy (non-hydrogen) atoms. The molecule has 1 heterocycles. The van der Waals surface area contributed by atoms with Gasteiger partial charge in [0.2, 0.25) is 0 Å². The van der Waals surface area contributed by atoms with Crippen LogP contribution in [0.2, 0.25) is 0 Å². The third kappa shape index (κ3) is 2.54. The van der Waals surface area contributed by atoms with Gasteiger partial charge in [-0.15, -0.1) is 0 Å². The van der Waals surface area contributed by atoms with Crippen LogP contribution in [0.25, 0.3) is 0 Å². The Morgan fingerprint density at radius 2 is 2.43 bits per heavy atom. The van der Waals surface area contributed by atoms with Crippen molar-refractivity contribution in [2.75, 3.05) is 6.61 Å². The SMILES string of the molecule is CCOC(C)C(NN)c1ccn(C)n1. The van der Waals surface area contributed by atoms with Gasteiger partial charge in [0.1, 0.15) is 0 Å². The van der Waals surface area contributed by atoms with Crippen LogP contribution in [-0.4, -0.2) is 22.5 Å². The highest BCUT2D eigenvalue weighted by Gasteiger charge is 2.20. The van der Waals surface area contributed by atoms with E-state index >= 15 is 0 Å². The number of nitrogens with two attached hydrogens (primary N) is 1. The van der Waals surface area contributed by atoms with Gasteiger partial charge in [-0.25, -0.2) is 5.43 Å². The van der Waals surface area contributed by atoms with E-state index in [4.69, 9.17) is 10.6 Å². The highest BCUT2D eigenvalue weighted by Crippen LogP contribution is 2.15. The summed E-state index contributed by atoms with van der Waals surface area (Å²) in [4.78, 5) is 0. The number of hydrazine groups is 1. The molecule has 80 valence electrons. The van der Waals surface area contributed by atoms with E-state index in [2.05, 4.69) is 10.5 Å². The van der Waals surface area contributed by atoms with Gasteiger partial charge >= 0.3 is 0 Å². The lowest BCUT2D eigenvalue weighted by atomic mass is 10.1. The molecule has 2 unspecified atom stereocenters. The normalized spacial score (nSPS) is 15.4. The number of hydrogen-bond donors (Lipinski definition) is 2. The summed E-state index contributed by atoms with van der Waals surface area (Å²) in [6, 6.07) is 1.87. The van der Waals surface area contributed by atoms with E-state index in [1.54, 1.807) is 4.68 Å². The van der Waals surface area contributed by atoms with Crippen LogP contribution < -0.4 is 11.3 Å². The second-order valence-electron chi connectivity index (χ2n) is 3.22. The highest BCUT2D eigenvalue weighted by molar-refractivity contribution is 5.06. The molecule has 0 aromatic carbocycles. The highest BCUT2D eigenvalue weighted by atomic mass is 16.5. The summed E-state index contributed by atoms with van der Waals surface area (Å²) in [7, 11) is 1.88. The third-order valence-electron chi connectivity index (χ3n) is 2.13. The molecule has 2 atom stereocenters. The summed E-state index contributed by atoms with van der Waals surface area (Å²) >= 11 is 0. The second kappa shape index (κ2) is 5.09. The lowest BCUT2D eigenvalue weighted by Crippen LogP contribution is -2.37. The average molecular weight is 198 g/mol.